The molecule has 0 unspecified atom stereocenters. The Morgan fingerprint density at radius 1 is 1.33 bits per heavy atom. The van der Waals surface area contributed by atoms with Gasteiger partial charge in [0.15, 0.2) is 0 Å². The number of carbonyl (C=O) groups is 1. The van der Waals surface area contributed by atoms with Crippen LogP contribution in [-0.2, 0) is 9.53 Å². The van der Waals surface area contributed by atoms with E-state index in [0.29, 0.717) is 19.0 Å². The Morgan fingerprint density at radius 3 is 2.61 bits per heavy atom. The van der Waals surface area contributed by atoms with E-state index in [1.165, 1.54) is 0 Å². The molecule has 1 aromatic rings. The molecular weight excluding hydrogens is 234 g/mol. The highest BCUT2D eigenvalue weighted by Gasteiger charge is 2.07. The third kappa shape index (κ3) is 4.17. The molecule has 4 N–H and O–H groups in total. The lowest BCUT2D eigenvalue weighted by atomic mass is 10.3. The standard InChI is InChI=1S/C11H19N5O2/c1-7-10(13-3)15-8(2)16-11(7)14-4-5-18-6-9(12)17/h4-6H2,1-3H3,(H2,12,17)(H2,13,14,15,16). The summed E-state index contributed by atoms with van der Waals surface area (Å²) in [5.74, 6) is 1.77. The van der Waals surface area contributed by atoms with E-state index in [0.717, 1.165) is 17.2 Å². The van der Waals surface area contributed by atoms with Crippen molar-refractivity contribution in [2.75, 3.05) is 37.4 Å². The number of amides is 1. The van der Waals surface area contributed by atoms with E-state index < -0.39 is 5.91 Å². The van der Waals surface area contributed by atoms with E-state index in [4.69, 9.17) is 10.5 Å². The zero-order valence-corrected chi connectivity index (χ0v) is 10.9. The molecule has 1 heterocycles. The molecule has 0 aromatic carbocycles. The Kier molecular flexibility index (Phi) is 5.31. The number of anilines is 2. The number of nitrogens with one attached hydrogen (secondary N) is 2. The van der Waals surface area contributed by atoms with Gasteiger partial charge in [0.05, 0.1) is 6.61 Å². The van der Waals surface area contributed by atoms with Crippen molar-refractivity contribution in [3.8, 4) is 0 Å². The Morgan fingerprint density at radius 2 is 2.00 bits per heavy atom. The molecule has 0 aliphatic carbocycles. The number of hydrogen-bond donors (Lipinski definition) is 3. The van der Waals surface area contributed by atoms with Crippen LogP contribution in [0.1, 0.15) is 11.4 Å². The summed E-state index contributed by atoms with van der Waals surface area (Å²) < 4.78 is 5.05. The quantitative estimate of drug-likeness (QED) is 0.593. The van der Waals surface area contributed by atoms with Crippen LogP contribution in [0.4, 0.5) is 11.6 Å². The second-order valence-corrected chi connectivity index (χ2v) is 3.79. The lowest BCUT2D eigenvalue weighted by Crippen LogP contribution is -2.21. The summed E-state index contributed by atoms with van der Waals surface area (Å²) in [4.78, 5) is 19.0. The summed E-state index contributed by atoms with van der Waals surface area (Å²) in [6.07, 6.45) is 0. The number of hydrogen-bond acceptors (Lipinski definition) is 6. The smallest absolute Gasteiger partial charge is 0.243 e. The van der Waals surface area contributed by atoms with Crippen LogP contribution in [-0.4, -0.2) is 42.7 Å². The average molecular weight is 253 g/mol. The average Bonchev–Trinajstić information content (AvgIpc) is 2.32. The van der Waals surface area contributed by atoms with Gasteiger partial charge in [0.1, 0.15) is 24.1 Å². The van der Waals surface area contributed by atoms with Crippen LogP contribution in [0.5, 0.6) is 0 Å². The summed E-state index contributed by atoms with van der Waals surface area (Å²) >= 11 is 0. The first kappa shape index (κ1) is 14.2. The maximum absolute atomic E-state index is 10.5. The number of aryl methyl sites for hydroxylation is 1. The Balaban J connectivity index is 2.51. The zero-order valence-electron chi connectivity index (χ0n) is 10.9. The van der Waals surface area contributed by atoms with Crippen LogP contribution in [0, 0.1) is 13.8 Å². The molecule has 7 heteroatoms. The van der Waals surface area contributed by atoms with E-state index in [1.54, 1.807) is 0 Å². The SMILES string of the molecule is CNc1nc(C)nc(NCCOCC(N)=O)c1C. The van der Waals surface area contributed by atoms with Gasteiger partial charge in [-0.15, -0.1) is 0 Å². The molecule has 7 nitrogen and oxygen atoms in total. The van der Waals surface area contributed by atoms with Gasteiger partial charge in [-0.2, -0.15) is 0 Å². The van der Waals surface area contributed by atoms with E-state index in [1.807, 2.05) is 20.9 Å². The van der Waals surface area contributed by atoms with Crippen LogP contribution < -0.4 is 16.4 Å². The number of nitrogens with zero attached hydrogens (tertiary/aromatic N) is 2. The molecule has 0 radical (unpaired) electrons. The number of ether oxygens (including phenoxy) is 1. The summed E-state index contributed by atoms with van der Waals surface area (Å²) in [7, 11) is 1.81. The van der Waals surface area contributed by atoms with Gasteiger partial charge < -0.3 is 21.1 Å². The second kappa shape index (κ2) is 6.75. The lowest BCUT2D eigenvalue weighted by molar-refractivity contribution is -0.122. The highest BCUT2D eigenvalue weighted by atomic mass is 16.5. The molecule has 18 heavy (non-hydrogen) atoms. The molecule has 0 saturated heterocycles. The summed E-state index contributed by atoms with van der Waals surface area (Å²) in [6.45, 7) is 4.63. The van der Waals surface area contributed by atoms with Gasteiger partial charge >= 0.3 is 0 Å². The zero-order chi connectivity index (χ0) is 13.5. The second-order valence-electron chi connectivity index (χ2n) is 3.79. The van der Waals surface area contributed by atoms with Gasteiger partial charge in [0, 0.05) is 19.2 Å². The molecule has 0 bridgehead atoms. The van der Waals surface area contributed by atoms with Crippen molar-refractivity contribution in [2.45, 2.75) is 13.8 Å². The van der Waals surface area contributed by atoms with Crippen molar-refractivity contribution < 1.29 is 9.53 Å². The normalized spacial score (nSPS) is 10.2. The summed E-state index contributed by atoms with van der Waals surface area (Å²) in [6, 6.07) is 0. The van der Waals surface area contributed by atoms with Crippen molar-refractivity contribution in [3.63, 3.8) is 0 Å². The Labute approximate surface area is 106 Å². The number of carbonyl (C=O) groups excluding carboxylic acids is 1. The molecule has 0 saturated carbocycles. The Bertz CT molecular complexity index is 422. The summed E-state index contributed by atoms with van der Waals surface area (Å²) in [5.41, 5.74) is 5.90. The lowest BCUT2D eigenvalue weighted by Gasteiger charge is -2.12. The van der Waals surface area contributed by atoms with Gasteiger partial charge in [0.2, 0.25) is 5.91 Å². The highest BCUT2D eigenvalue weighted by Crippen LogP contribution is 2.18. The minimum Gasteiger partial charge on any atom is -0.373 e. The molecular formula is C11H19N5O2. The van der Waals surface area contributed by atoms with Crippen LogP contribution in [0.2, 0.25) is 0 Å². The fourth-order valence-electron chi connectivity index (χ4n) is 1.46. The van der Waals surface area contributed by atoms with Crippen LogP contribution in [0.25, 0.3) is 0 Å². The van der Waals surface area contributed by atoms with Gasteiger partial charge in [-0.1, -0.05) is 0 Å². The molecule has 0 spiro atoms. The van der Waals surface area contributed by atoms with Crippen molar-refractivity contribution in [3.05, 3.63) is 11.4 Å². The fraction of sp³-hybridized carbons (Fsp3) is 0.545. The van der Waals surface area contributed by atoms with Gasteiger partial charge in [0.25, 0.3) is 0 Å². The van der Waals surface area contributed by atoms with E-state index in [2.05, 4.69) is 20.6 Å². The van der Waals surface area contributed by atoms with Gasteiger partial charge in [-0.3, -0.25) is 4.79 Å². The first-order valence-corrected chi connectivity index (χ1v) is 5.67. The third-order valence-corrected chi connectivity index (χ3v) is 2.28. The van der Waals surface area contributed by atoms with Crippen molar-refractivity contribution in [1.82, 2.24) is 9.97 Å². The predicted octanol–water partition coefficient (Wildman–Crippen LogP) is 0.0489. The molecule has 0 fully saturated rings. The predicted molar refractivity (Wildman–Crippen MR) is 69.6 cm³/mol. The minimum atomic E-state index is -0.471. The molecule has 0 atom stereocenters. The molecule has 0 aliphatic heterocycles. The van der Waals surface area contributed by atoms with E-state index in [9.17, 15) is 4.79 Å². The van der Waals surface area contributed by atoms with Crippen LogP contribution >= 0.6 is 0 Å². The number of aromatic nitrogens is 2. The Hall–Kier alpha value is -1.89. The minimum absolute atomic E-state index is 0.0643. The highest BCUT2D eigenvalue weighted by molar-refractivity contribution is 5.74. The maximum Gasteiger partial charge on any atom is 0.243 e. The van der Waals surface area contributed by atoms with Crippen LogP contribution in [0.3, 0.4) is 0 Å². The number of nitrogens with two attached hydrogens (primary N) is 1. The van der Waals surface area contributed by atoms with Crippen molar-refractivity contribution in [1.29, 1.82) is 0 Å². The number of rotatable bonds is 7. The third-order valence-electron chi connectivity index (χ3n) is 2.28. The van der Waals surface area contributed by atoms with E-state index >= 15 is 0 Å². The summed E-state index contributed by atoms with van der Waals surface area (Å²) in [5, 5.41) is 6.14. The topological polar surface area (TPSA) is 102 Å². The molecule has 1 amide bonds. The maximum atomic E-state index is 10.5. The monoisotopic (exact) mass is 253 g/mol. The molecule has 0 aliphatic rings. The molecule has 100 valence electrons. The molecule has 1 rings (SSSR count). The fourth-order valence-corrected chi connectivity index (χ4v) is 1.46. The van der Waals surface area contributed by atoms with Gasteiger partial charge in [-0.05, 0) is 13.8 Å². The van der Waals surface area contributed by atoms with Crippen molar-refractivity contribution >= 4 is 17.5 Å². The molecule has 1 aromatic heterocycles. The first-order valence-electron chi connectivity index (χ1n) is 5.67. The number of primary amides is 1. The largest absolute Gasteiger partial charge is 0.373 e. The first-order chi connectivity index (χ1) is 8.54. The van der Waals surface area contributed by atoms with E-state index in [-0.39, 0.29) is 6.61 Å². The van der Waals surface area contributed by atoms with Gasteiger partial charge in [-0.25, -0.2) is 9.97 Å². The van der Waals surface area contributed by atoms with Crippen LogP contribution in [0.15, 0.2) is 0 Å². The van der Waals surface area contributed by atoms with Crippen molar-refractivity contribution in [2.24, 2.45) is 5.73 Å².